The second kappa shape index (κ2) is 9.21. The first-order valence-corrected chi connectivity index (χ1v) is 12.7. The number of carbonyl (C=O) groups is 2. The van der Waals surface area contributed by atoms with Crippen LogP contribution in [0.5, 0.6) is 0 Å². The Labute approximate surface area is 204 Å². The maximum atomic E-state index is 13.8. The van der Waals surface area contributed by atoms with E-state index < -0.39 is 21.6 Å². The van der Waals surface area contributed by atoms with Crippen molar-refractivity contribution in [3.05, 3.63) is 96.3 Å². The van der Waals surface area contributed by atoms with Gasteiger partial charge in [0.2, 0.25) is 10.0 Å². The highest BCUT2D eigenvalue weighted by Gasteiger charge is 2.54. The van der Waals surface area contributed by atoms with Gasteiger partial charge in [0.25, 0.3) is 5.91 Å². The van der Waals surface area contributed by atoms with Crippen LogP contribution in [0, 0.1) is 0 Å². The topological polar surface area (TPSA) is 103 Å². The molecule has 2 fully saturated rings. The molecular weight excluding hydrogens is 466 g/mol. The van der Waals surface area contributed by atoms with Crippen LogP contribution in [-0.4, -0.2) is 72.3 Å². The van der Waals surface area contributed by atoms with Crippen LogP contribution in [0.25, 0.3) is 0 Å². The number of piperazine rings is 1. The molecule has 35 heavy (non-hydrogen) atoms. The molecule has 2 aromatic carbocycles. The molecule has 0 spiro atoms. The van der Waals surface area contributed by atoms with Gasteiger partial charge in [0.1, 0.15) is 4.90 Å². The average Bonchev–Trinajstić information content (AvgIpc) is 3.16. The van der Waals surface area contributed by atoms with Crippen molar-refractivity contribution in [2.24, 2.45) is 0 Å². The quantitative estimate of drug-likeness (QED) is 0.528. The highest BCUT2D eigenvalue weighted by atomic mass is 32.2. The number of urea groups is 1. The fourth-order valence-electron chi connectivity index (χ4n) is 4.60. The molecule has 0 saturated carbocycles. The molecule has 3 aromatic rings. The van der Waals surface area contributed by atoms with Gasteiger partial charge in [0.05, 0.1) is 6.67 Å². The number of hydrogen-bond acceptors (Lipinski definition) is 6. The zero-order valence-corrected chi connectivity index (χ0v) is 19.8. The van der Waals surface area contributed by atoms with Gasteiger partial charge in [-0.2, -0.15) is 4.31 Å². The summed E-state index contributed by atoms with van der Waals surface area (Å²) >= 11 is 0. The van der Waals surface area contributed by atoms with E-state index in [1.54, 1.807) is 6.07 Å². The summed E-state index contributed by atoms with van der Waals surface area (Å²) in [6.45, 7) is 1.36. The van der Waals surface area contributed by atoms with Crippen molar-refractivity contribution >= 4 is 22.0 Å². The van der Waals surface area contributed by atoms with Crippen LogP contribution < -0.4 is 5.32 Å². The summed E-state index contributed by atoms with van der Waals surface area (Å²) in [6, 6.07) is 21.0. The first kappa shape index (κ1) is 23.2. The van der Waals surface area contributed by atoms with Crippen LogP contribution >= 0.6 is 0 Å². The lowest BCUT2D eigenvalue weighted by atomic mass is 9.83. The van der Waals surface area contributed by atoms with Crippen LogP contribution in [0.1, 0.15) is 11.1 Å². The summed E-state index contributed by atoms with van der Waals surface area (Å²) in [4.78, 5) is 34.1. The Hall–Kier alpha value is -3.60. The van der Waals surface area contributed by atoms with Gasteiger partial charge in [-0.3, -0.25) is 14.7 Å². The van der Waals surface area contributed by atoms with E-state index in [1.165, 1.54) is 27.7 Å². The molecule has 3 amide bonds. The summed E-state index contributed by atoms with van der Waals surface area (Å²) in [5.41, 5.74) is 0.0457. The van der Waals surface area contributed by atoms with Crippen molar-refractivity contribution in [3.8, 4) is 0 Å². The Bertz CT molecular complexity index is 1270. The number of pyridine rings is 1. The molecule has 0 unspecified atom stereocenters. The second-order valence-corrected chi connectivity index (χ2v) is 10.4. The fourth-order valence-corrected chi connectivity index (χ4v) is 5.99. The maximum Gasteiger partial charge on any atom is 0.326 e. The normalized spacial score (nSPS) is 19.0. The van der Waals surface area contributed by atoms with Crippen LogP contribution in [0.2, 0.25) is 0 Å². The monoisotopic (exact) mass is 491 g/mol. The second-order valence-electron chi connectivity index (χ2n) is 8.50. The highest BCUT2D eigenvalue weighted by molar-refractivity contribution is 7.89. The van der Waals surface area contributed by atoms with E-state index in [0.717, 1.165) is 0 Å². The molecule has 0 aliphatic carbocycles. The first-order chi connectivity index (χ1) is 16.9. The van der Waals surface area contributed by atoms with E-state index in [-0.39, 0.29) is 30.6 Å². The molecule has 5 rings (SSSR count). The van der Waals surface area contributed by atoms with Crippen molar-refractivity contribution in [2.45, 2.75) is 10.4 Å². The number of benzene rings is 2. The number of amides is 3. The van der Waals surface area contributed by atoms with Crippen LogP contribution in [-0.2, 0) is 20.4 Å². The smallest absolute Gasteiger partial charge is 0.315 e. The van der Waals surface area contributed by atoms with Crippen molar-refractivity contribution in [2.75, 3.05) is 32.8 Å². The molecule has 0 bridgehead atoms. The number of aromatic nitrogens is 1. The average molecular weight is 492 g/mol. The summed E-state index contributed by atoms with van der Waals surface area (Å²) in [5.74, 6) is -0.356. The van der Waals surface area contributed by atoms with Gasteiger partial charge in [-0.15, -0.1) is 0 Å². The molecule has 9 nitrogen and oxygen atoms in total. The number of imide groups is 1. The minimum Gasteiger partial charge on any atom is -0.315 e. The number of nitrogens with one attached hydrogen (secondary N) is 1. The van der Waals surface area contributed by atoms with Crippen molar-refractivity contribution in [3.63, 3.8) is 0 Å². The Balaban J connectivity index is 1.34. The Morgan fingerprint density at radius 2 is 1.43 bits per heavy atom. The van der Waals surface area contributed by atoms with E-state index in [0.29, 0.717) is 24.2 Å². The SMILES string of the molecule is O=C1NC(c2ccccc2)(c2ccccc2)C(=O)N1CN1CCN(S(=O)(=O)c2cccnc2)CC1. The number of rotatable bonds is 6. The number of sulfonamides is 1. The zero-order valence-electron chi connectivity index (χ0n) is 18.9. The minimum atomic E-state index is -3.64. The zero-order chi connectivity index (χ0) is 24.5. The maximum absolute atomic E-state index is 13.8. The third kappa shape index (κ3) is 4.09. The summed E-state index contributed by atoms with van der Waals surface area (Å²) in [6.07, 6.45) is 2.86. The van der Waals surface area contributed by atoms with Crippen molar-refractivity contribution < 1.29 is 18.0 Å². The lowest BCUT2D eigenvalue weighted by Gasteiger charge is -2.35. The summed E-state index contributed by atoms with van der Waals surface area (Å²) < 4.78 is 27.2. The molecule has 2 aliphatic heterocycles. The van der Waals surface area contributed by atoms with Gasteiger partial charge in [0, 0.05) is 38.6 Å². The molecule has 1 aromatic heterocycles. The third-order valence-electron chi connectivity index (χ3n) is 6.46. The Morgan fingerprint density at radius 3 is 1.97 bits per heavy atom. The van der Waals surface area contributed by atoms with Gasteiger partial charge in [-0.05, 0) is 23.3 Å². The van der Waals surface area contributed by atoms with Gasteiger partial charge < -0.3 is 5.32 Å². The Morgan fingerprint density at radius 1 is 0.829 bits per heavy atom. The number of nitrogens with zero attached hydrogens (tertiary/aromatic N) is 4. The first-order valence-electron chi connectivity index (χ1n) is 11.3. The molecule has 180 valence electrons. The molecular formula is C25H25N5O4S. The molecule has 2 saturated heterocycles. The minimum absolute atomic E-state index is 0.0763. The molecule has 0 radical (unpaired) electrons. The van der Waals surface area contributed by atoms with E-state index in [9.17, 15) is 18.0 Å². The summed E-state index contributed by atoms with van der Waals surface area (Å²) in [7, 11) is -3.64. The van der Waals surface area contributed by atoms with E-state index in [4.69, 9.17) is 0 Å². The lowest BCUT2D eigenvalue weighted by Crippen LogP contribution is -2.53. The summed E-state index contributed by atoms with van der Waals surface area (Å²) in [5, 5.41) is 2.94. The van der Waals surface area contributed by atoms with Crippen molar-refractivity contribution in [1.29, 1.82) is 0 Å². The molecule has 1 N–H and O–H groups in total. The van der Waals surface area contributed by atoms with Crippen LogP contribution in [0.15, 0.2) is 90.1 Å². The van der Waals surface area contributed by atoms with E-state index >= 15 is 0 Å². The van der Waals surface area contributed by atoms with Gasteiger partial charge >= 0.3 is 6.03 Å². The largest absolute Gasteiger partial charge is 0.326 e. The van der Waals surface area contributed by atoms with Crippen LogP contribution in [0.4, 0.5) is 4.79 Å². The molecule has 0 atom stereocenters. The lowest BCUT2D eigenvalue weighted by molar-refractivity contribution is -0.132. The Kier molecular flexibility index (Phi) is 6.10. The molecule has 10 heteroatoms. The number of hydrogen-bond donors (Lipinski definition) is 1. The predicted octanol–water partition coefficient (Wildman–Crippen LogP) is 1.84. The predicted molar refractivity (Wildman–Crippen MR) is 128 cm³/mol. The van der Waals surface area contributed by atoms with Crippen molar-refractivity contribution in [1.82, 2.24) is 24.4 Å². The van der Waals surface area contributed by atoms with Gasteiger partial charge in [-0.1, -0.05) is 60.7 Å². The van der Waals surface area contributed by atoms with E-state index in [2.05, 4.69) is 10.3 Å². The third-order valence-corrected chi connectivity index (χ3v) is 8.35. The van der Waals surface area contributed by atoms with Crippen LogP contribution in [0.3, 0.4) is 0 Å². The van der Waals surface area contributed by atoms with E-state index in [1.807, 2.05) is 65.6 Å². The number of carbonyl (C=O) groups excluding carboxylic acids is 2. The van der Waals surface area contributed by atoms with Gasteiger partial charge in [0.15, 0.2) is 5.54 Å². The standard InChI is InChI=1S/C25H25N5O4S/c31-23-25(20-8-3-1-4-9-20,21-10-5-2-6-11-21)27-24(32)30(23)19-28-14-16-29(17-15-28)35(33,34)22-12-7-13-26-18-22/h1-13,18H,14-17,19H2,(H,27,32). The molecule has 3 heterocycles. The van der Waals surface area contributed by atoms with Gasteiger partial charge in [-0.25, -0.2) is 18.1 Å². The fraction of sp³-hybridized carbons (Fsp3) is 0.240. The molecule has 2 aliphatic rings. The highest BCUT2D eigenvalue weighted by Crippen LogP contribution is 2.36.